The van der Waals surface area contributed by atoms with E-state index < -0.39 is 0 Å². The molecule has 1 fully saturated rings. The normalized spacial score (nSPS) is 20.5. The first-order valence-corrected chi connectivity index (χ1v) is 7.35. The van der Waals surface area contributed by atoms with Crippen molar-refractivity contribution in [2.24, 2.45) is 0 Å². The zero-order valence-corrected chi connectivity index (χ0v) is 12.3. The Bertz CT molecular complexity index is 422. The molecule has 1 aliphatic rings. The van der Waals surface area contributed by atoms with Gasteiger partial charge in [-0.05, 0) is 24.8 Å². The zero-order valence-electron chi connectivity index (χ0n) is 12.3. The molecule has 0 saturated carbocycles. The largest absolute Gasteiger partial charge is 0.377 e. The van der Waals surface area contributed by atoms with Gasteiger partial charge in [-0.3, -0.25) is 0 Å². The summed E-state index contributed by atoms with van der Waals surface area (Å²) in [6, 6.07) is 10.6. The van der Waals surface area contributed by atoms with E-state index in [0.29, 0.717) is 32.2 Å². The molecule has 20 heavy (non-hydrogen) atoms. The Morgan fingerprint density at radius 2 is 2.20 bits per heavy atom. The van der Waals surface area contributed by atoms with Crippen LogP contribution in [0.25, 0.3) is 0 Å². The van der Waals surface area contributed by atoms with E-state index in [2.05, 4.69) is 36.5 Å². The van der Waals surface area contributed by atoms with Gasteiger partial charge < -0.3 is 15.0 Å². The van der Waals surface area contributed by atoms with Gasteiger partial charge in [0.1, 0.15) is 0 Å². The Morgan fingerprint density at radius 3 is 2.90 bits per heavy atom. The second-order valence-electron chi connectivity index (χ2n) is 5.45. The molecule has 0 unspecified atom stereocenters. The molecule has 2 rings (SSSR count). The van der Waals surface area contributed by atoms with Gasteiger partial charge in [-0.15, -0.1) is 0 Å². The summed E-state index contributed by atoms with van der Waals surface area (Å²) >= 11 is 0. The molecule has 1 aromatic carbocycles. The zero-order chi connectivity index (χ0) is 14.4. The maximum atomic E-state index is 12.1. The Kier molecular flexibility index (Phi) is 5.41. The lowest BCUT2D eigenvalue weighted by Gasteiger charge is -2.33. The number of nitrogens with one attached hydrogen (secondary N) is 1. The third kappa shape index (κ3) is 3.97. The molecule has 4 heteroatoms. The van der Waals surface area contributed by atoms with Gasteiger partial charge in [0.2, 0.25) is 0 Å². The summed E-state index contributed by atoms with van der Waals surface area (Å²) in [4.78, 5) is 13.9. The van der Waals surface area contributed by atoms with Crippen LogP contribution in [0.3, 0.4) is 0 Å². The predicted molar refractivity (Wildman–Crippen MR) is 79.9 cm³/mol. The number of rotatable bonds is 4. The summed E-state index contributed by atoms with van der Waals surface area (Å²) in [5.74, 6) is 0.457. The summed E-state index contributed by atoms with van der Waals surface area (Å²) in [5, 5.41) is 3.01. The van der Waals surface area contributed by atoms with Gasteiger partial charge in [0.15, 0.2) is 0 Å². The highest BCUT2D eigenvalue weighted by Crippen LogP contribution is 2.17. The molecule has 0 radical (unpaired) electrons. The first-order valence-electron chi connectivity index (χ1n) is 7.35. The molecule has 2 amide bonds. The summed E-state index contributed by atoms with van der Waals surface area (Å²) in [6.07, 6.45) is 0.953. The molecule has 1 aliphatic heterocycles. The molecule has 1 N–H and O–H groups in total. The van der Waals surface area contributed by atoms with Gasteiger partial charge >= 0.3 is 6.03 Å². The van der Waals surface area contributed by atoms with E-state index in [1.165, 1.54) is 5.56 Å². The Balaban J connectivity index is 1.74. The fourth-order valence-corrected chi connectivity index (χ4v) is 2.47. The lowest BCUT2D eigenvalue weighted by atomic mass is 9.98. The van der Waals surface area contributed by atoms with Gasteiger partial charge in [0, 0.05) is 13.1 Å². The summed E-state index contributed by atoms with van der Waals surface area (Å²) < 4.78 is 5.34. The molecule has 0 aliphatic carbocycles. The van der Waals surface area contributed by atoms with Gasteiger partial charge in [-0.25, -0.2) is 4.79 Å². The van der Waals surface area contributed by atoms with Crippen LogP contribution in [0.2, 0.25) is 0 Å². The summed E-state index contributed by atoms with van der Waals surface area (Å²) in [6.45, 7) is 6.87. The van der Waals surface area contributed by atoms with Gasteiger partial charge in [-0.1, -0.05) is 37.3 Å². The highest BCUT2D eigenvalue weighted by molar-refractivity contribution is 5.74. The topological polar surface area (TPSA) is 41.6 Å². The van der Waals surface area contributed by atoms with Crippen LogP contribution in [0.5, 0.6) is 0 Å². The maximum Gasteiger partial charge on any atom is 0.317 e. The first kappa shape index (κ1) is 14.9. The SMILES string of the molecule is C[C@H](CCNC(=O)N1CCOC[C@H]1C)c1ccccc1. The monoisotopic (exact) mass is 276 g/mol. The molecule has 0 spiro atoms. The maximum absolute atomic E-state index is 12.1. The fraction of sp³-hybridized carbons (Fsp3) is 0.562. The van der Waals surface area contributed by atoms with Crippen molar-refractivity contribution in [1.29, 1.82) is 0 Å². The minimum atomic E-state index is 0.0288. The lowest BCUT2D eigenvalue weighted by molar-refractivity contribution is 0.0190. The van der Waals surface area contributed by atoms with Crippen LogP contribution in [0.15, 0.2) is 30.3 Å². The molecule has 2 atom stereocenters. The number of ether oxygens (including phenoxy) is 1. The van der Waals surface area contributed by atoms with E-state index >= 15 is 0 Å². The second-order valence-corrected chi connectivity index (χ2v) is 5.45. The third-order valence-corrected chi connectivity index (χ3v) is 3.85. The summed E-state index contributed by atoms with van der Waals surface area (Å²) in [5.41, 5.74) is 1.32. The lowest BCUT2D eigenvalue weighted by Crippen LogP contribution is -2.51. The number of benzene rings is 1. The van der Waals surface area contributed by atoms with Crippen LogP contribution in [-0.2, 0) is 4.74 Å². The van der Waals surface area contributed by atoms with Crippen LogP contribution in [0.1, 0.15) is 31.7 Å². The van der Waals surface area contributed by atoms with Crippen molar-refractivity contribution in [1.82, 2.24) is 10.2 Å². The fourth-order valence-electron chi connectivity index (χ4n) is 2.47. The summed E-state index contributed by atoms with van der Waals surface area (Å²) in [7, 11) is 0. The molecule has 0 bridgehead atoms. The Hall–Kier alpha value is -1.55. The van der Waals surface area contributed by atoms with Crippen molar-refractivity contribution in [3.63, 3.8) is 0 Å². The smallest absolute Gasteiger partial charge is 0.317 e. The number of carbonyl (C=O) groups is 1. The second kappa shape index (κ2) is 7.29. The van der Waals surface area contributed by atoms with Crippen LogP contribution in [-0.4, -0.2) is 43.3 Å². The third-order valence-electron chi connectivity index (χ3n) is 3.85. The van der Waals surface area contributed by atoms with Crippen LogP contribution < -0.4 is 5.32 Å². The van der Waals surface area contributed by atoms with Crippen LogP contribution in [0, 0.1) is 0 Å². The number of nitrogens with zero attached hydrogens (tertiary/aromatic N) is 1. The van der Waals surface area contributed by atoms with Crippen molar-refractivity contribution in [3.05, 3.63) is 35.9 Å². The average Bonchev–Trinajstić information content (AvgIpc) is 2.48. The molecule has 4 nitrogen and oxygen atoms in total. The quantitative estimate of drug-likeness (QED) is 0.918. The van der Waals surface area contributed by atoms with Gasteiger partial charge in [-0.2, -0.15) is 0 Å². The molecule has 0 aromatic heterocycles. The number of carbonyl (C=O) groups excluding carboxylic acids is 1. The van der Waals surface area contributed by atoms with Crippen molar-refractivity contribution < 1.29 is 9.53 Å². The predicted octanol–water partition coefficient (Wildman–Crippen LogP) is 2.61. The molecular formula is C16H24N2O2. The van der Waals surface area contributed by atoms with Gasteiger partial charge in [0.05, 0.1) is 19.3 Å². The van der Waals surface area contributed by atoms with Crippen LogP contribution >= 0.6 is 0 Å². The van der Waals surface area contributed by atoms with Crippen molar-refractivity contribution in [3.8, 4) is 0 Å². The minimum Gasteiger partial charge on any atom is -0.377 e. The van der Waals surface area contributed by atoms with Crippen molar-refractivity contribution in [2.45, 2.75) is 32.2 Å². The standard InChI is InChI=1S/C16H24N2O2/c1-13(15-6-4-3-5-7-15)8-9-17-16(19)18-10-11-20-12-14(18)2/h3-7,13-14H,8-12H2,1-2H3,(H,17,19)/t13-,14-/m1/s1. The Morgan fingerprint density at radius 1 is 1.45 bits per heavy atom. The highest BCUT2D eigenvalue weighted by atomic mass is 16.5. The van der Waals surface area contributed by atoms with E-state index in [9.17, 15) is 4.79 Å². The number of hydrogen-bond acceptors (Lipinski definition) is 2. The molecule has 1 aromatic rings. The minimum absolute atomic E-state index is 0.0288. The van der Waals surface area contributed by atoms with Gasteiger partial charge in [0.25, 0.3) is 0 Å². The number of urea groups is 1. The van der Waals surface area contributed by atoms with E-state index in [-0.39, 0.29) is 12.1 Å². The number of hydrogen-bond donors (Lipinski definition) is 1. The number of morpholine rings is 1. The van der Waals surface area contributed by atoms with E-state index in [1.807, 2.05) is 17.9 Å². The highest BCUT2D eigenvalue weighted by Gasteiger charge is 2.23. The molecular weight excluding hydrogens is 252 g/mol. The van der Waals surface area contributed by atoms with E-state index in [0.717, 1.165) is 6.42 Å². The first-order chi connectivity index (χ1) is 9.68. The molecule has 1 saturated heterocycles. The molecule has 1 heterocycles. The van der Waals surface area contributed by atoms with E-state index in [4.69, 9.17) is 4.74 Å². The number of amides is 2. The van der Waals surface area contributed by atoms with Crippen LogP contribution in [0.4, 0.5) is 4.79 Å². The average molecular weight is 276 g/mol. The van der Waals surface area contributed by atoms with E-state index in [1.54, 1.807) is 0 Å². The van der Waals surface area contributed by atoms with Crippen molar-refractivity contribution in [2.75, 3.05) is 26.3 Å². The molecule has 110 valence electrons. The van der Waals surface area contributed by atoms with Crippen molar-refractivity contribution >= 4 is 6.03 Å². The Labute approximate surface area is 121 Å².